The average molecular weight is 382 g/mol. The molecule has 2 aromatic heterocycles. The minimum absolute atomic E-state index is 0.345. The third-order valence-electron chi connectivity index (χ3n) is 4.78. The Labute approximate surface area is 170 Å². The minimum atomic E-state index is 0.345. The number of ether oxygens (including phenoxy) is 1. The Bertz CT molecular complexity index is 1100. The molecule has 2 aromatic carbocycles. The van der Waals surface area contributed by atoms with Crippen LogP contribution in [0.3, 0.4) is 0 Å². The average Bonchev–Trinajstić information content (AvgIpc) is 2.77. The molecular formula is C24H22N4O. The first-order valence-electron chi connectivity index (χ1n) is 9.39. The van der Waals surface area contributed by atoms with Gasteiger partial charge in [0, 0.05) is 30.6 Å². The number of nitrogens with zero attached hydrogens (tertiary/aromatic N) is 2. The van der Waals surface area contributed by atoms with Gasteiger partial charge in [-0.05, 0) is 46.5 Å². The van der Waals surface area contributed by atoms with E-state index in [4.69, 9.17) is 16.2 Å². The van der Waals surface area contributed by atoms with Gasteiger partial charge in [0.15, 0.2) is 0 Å². The van der Waals surface area contributed by atoms with E-state index in [0.29, 0.717) is 24.5 Å². The lowest BCUT2D eigenvalue weighted by Gasteiger charge is -2.15. The summed E-state index contributed by atoms with van der Waals surface area (Å²) in [6.07, 6.45) is 5.89. The summed E-state index contributed by atoms with van der Waals surface area (Å²) >= 11 is 0. The molecule has 2 heterocycles. The third kappa shape index (κ3) is 4.35. The Morgan fingerprint density at radius 1 is 0.793 bits per heavy atom. The molecular weight excluding hydrogens is 360 g/mol. The van der Waals surface area contributed by atoms with Gasteiger partial charge in [-0.3, -0.25) is 4.98 Å². The van der Waals surface area contributed by atoms with Crippen molar-refractivity contribution in [2.45, 2.75) is 13.0 Å². The fourth-order valence-corrected chi connectivity index (χ4v) is 3.20. The molecule has 4 aromatic rings. The number of anilines is 2. The SMILES string of the molecule is Nc1nccc(Cc2cc(-c3cccnc3)ccc2OCc2ccccc2)c1N. The quantitative estimate of drug-likeness (QED) is 0.513. The highest BCUT2D eigenvalue weighted by molar-refractivity contribution is 5.67. The van der Waals surface area contributed by atoms with Crippen LogP contribution in [0.1, 0.15) is 16.7 Å². The standard InChI is InChI=1S/C24H22N4O/c25-23-19(10-12-28-24(23)26)14-21-13-18(20-7-4-11-27-15-20)8-9-22(21)29-16-17-5-2-1-3-6-17/h1-13,15H,14,16,25H2,(H2,26,28). The van der Waals surface area contributed by atoms with Crippen molar-refractivity contribution in [2.24, 2.45) is 0 Å². The summed E-state index contributed by atoms with van der Waals surface area (Å²) in [4.78, 5) is 8.28. The molecule has 0 atom stereocenters. The molecule has 4 N–H and O–H groups in total. The van der Waals surface area contributed by atoms with E-state index in [1.165, 1.54) is 0 Å². The van der Waals surface area contributed by atoms with Crippen molar-refractivity contribution in [1.29, 1.82) is 0 Å². The number of nitrogens with two attached hydrogens (primary N) is 2. The van der Waals surface area contributed by atoms with Crippen molar-refractivity contribution in [3.8, 4) is 16.9 Å². The van der Waals surface area contributed by atoms with Gasteiger partial charge in [-0.25, -0.2) is 4.98 Å². The second kappa shape index (κ2) is 8.44. The molecule has 0 fully saturated rings. The molecule has 0 unspecified atom stereocenters. The molecule has 0 aliphatic heterocycles. The van der Waals surface area contributed by atoms with E-state index in [9.17, 15) is 0 Å². The molecule has 0 saturated carbocycles. The molecule has 0 aliphatic carbocycles. The summed E-state index contributed by atoms with van der Waals surface area (Å²) in [6, 6.07) is 22.1. The van der Waals surface area contributed by atoms with Crippen molar-refractivity contribution in [3.63, 3.8) is 0 Å². The summed E-state index contributed by atoms with van der Waals surface area (Å²) in [7, 11) is 0. The van der Waals surface area contributed by atoms with Crippen molar-refractivity contribution >= 4 is 11.5 Å². The van der Waals surface area contributed by atoms with E-state index in [1.807, 2.05) is 66.9 Å². The Kier molecular flexibility index (Phi) is 5.38. The zero-order valence-corrected chi connectivity index (χ0v) is 16.0. The summed E-state index contributed by atoms with van der Waals surface area (Å²) in [5.41, 5.74) is 17.7. The van der Waals surface area contributed by atoms with E-state index >= 15 is 0 Å². The van der Waals surface area contributed by atoms with Crippen LogP contribution in [0.4, 0.5) is 11.5 Å². The topological polar surface area (TPSA) is 87.0 Å². The number of hydrogen-bond donors (Lipinski definition) is 2. The molecule has 0 saturated heterocycles. The smallest absolute Gasteiger partial charge is 0.146 e. The van der Waals surface area contributed by atoms with Crippen LogP contribution >= 0.6 is 0 Å². The zero-order valence-electron chi connectivity index (χ0n) is 16.0. The number of nitrogen functional groups attached to an aromatic ring is 2. The van der Waals surface area contributed by atoms with E-state index in [1.54, 1.807) is 12.4 Å². The monoisotopic (exact) mass is 382 g/mol. The molecule has 0 amide bonds. The first kappa shape index (κ1) is 18.5. The van der Waals surface area contributed by atoms with Crippen LogP contribution in [-0.2, 0) is 13.0 Å². The van der Waals surface area contributed by atoms with E-state index in [-0.39, 0.29) is 0 Å². The van der Waals surface area contributed by atoms with E-state index < -0.39 is 0 Å². The fourth-order valence-electron chi connectivity index (χ4n) is 3.20. The van der Waals surface area contributed by atoms with Gasteiger partial charge in [0.1, 0.15) is 18.2 Å². The molecule has 4 rings (SSSR count). The van der Waals surface area contributed by atoms with Crippen molar-refractivity contribution in [2.75, 3.05) is 11.5 Å². The van der Waals surface area contributed by atoms with Crippen LogP contribution in [0.2, 0.25) is 0 Å². The summed E-state index contributed by atoms with van der Waals surface area (Å²) < 4.78 is 6.15. The van der Waals surface area contributed by atoms with Gasteiger partial charge in [0.05, 0.1) is 5.69 Å². The normalized spacial score (nSPS) is 10.6. The molecule has 5 nitrogen and oxygen atoms in total. The van der Waals surface area contributed by atoms with Crippen LogP contribution in [0.15, 0.2) is 85.3 Å². The van der Waals surface area contributed by atoms with Gasteiger partial charge in [-0.2, -0.15) is 0 Å². The minimum Gasteiger partial charge on any atom is -0.489 e. The number of aromatic nitrogens is 2. The maximum Gasteiger partial charge on any atom is 0.146 e. The molecule has 0 aliphatic rings. The van der Waals surface area contributed by atoms with Gasteiger partial charge in [-0.1, -0.05) is 42.5 Å². The van der Waals surface area contributed by atoms with Crippen LogP contribution < -0.4 is 16.2 Å². The Morgan fingerprint density at radius 3 is 2.45 bits per heavy atom. The highest BCUT2D eigenvalue weighted by atomic mass is 16.5. The first-order chi connectivity index (χ1) is 14.2. The number of benzene rings is 2. The largest absolute Gasteiger partial charge is 0.489 e. The van der Waals surface area contributed by atoms with Crippen molar-refractivity contribution in [3.05, 3.63) is 102 Å². The van der Waals surface area contributed by atoms with Gasteiger partial charge >= 0.3 is 0 Å². The van der Waals surface area contributed by atoms with E-state index in [2.05, 4.69) is 16.0 Å². The van der Waals surface area contributed by atoms with Gasteiger partial charge in [-0.15, -0.1) is 0 Å². The van der Waals surface area contributed by atoms with Gasteiger partial charge in [0.2, 0.25) is 0 Å². The number of rotatable bonds is 6. The van der Waals surface area contributed by atoms with Crippen LogP contribution in [0.25, 0.3) is 11.1 Å². The Balaban J connectivity index is 1.68. The number of pyridine rings is 2. The second-order valence-electron chi connectivity index (χ2n) is 6.78. The summed E-state index contributed by atoms with van der Waals surface area (Å²) in [5.74, 6) is 1.16. The fraction of sp³-hybridized carbons (Fsp3) is 0.0833. The zero-order chi connectivity index (χ0) is 20.1. The Morgan fingerprint density at radius 2 is 1.66 bits per heavy atom. The highest BCUT2D eigenvalue weighted by Crippen LogP contribution is 2.30. The lowest BCUT2D eigenvalue weighted by Crippen LogP contribution is -2.04. The predicted molar refractivity (Wildman–Crippen MR) is 116 cm³/mol. The lowest BCUT2D eigenvalue weighted by molar-refractivity contribution is 0.303. The first-order valence-corrected chi connectivity index (χ1v) is 9.39. The second-order valence-corrected chi connectivity index (χ2v) is 6.78. The highest BCUT2D eigenvalue weighted by Gasteiger charge is 2.11. The molecule has 5 heteroatoms. The molecule has 0 bridgehead atoms. The number of hydrogen-bond acceptors (Lipinski definition) is 5. The van der Waals surface area contributed by atoms with Crippen LogP contribution in [0, 0.1) is 0 Å². The molecule has 0 spiro atoms. The lowest BCUT2D eigenvalue weighted by atomic mass is 9.98. The molecule has 0 radical (unpaired) electrons. The van der Waals surface area contributed by atoms with Gasteiger partial charge < -0.3 is 16.2 Å². The van der Waals surface area contributed by atoms with Crippen molar-refractivity contribution in [1.82, 2.24) is 9.97 Å². The van der Waals surface area contributed by atoms with Gasteiger partial charge in [0.25, 0.3) is 0 Å². The third-order valence-corrected chi connectivity index (χ3v) is 4.78. The van der Waals surface area contributed by atoms with Crippen LogP contribution in [0.5, 0.6) is 5.75 Å². The maximum atomic E-state index is 6.16. The van der Waals surface area contributed by atoms with Crippen molar-refractivity contribution < 1.29 is 4.74 Å². The van der Waals surface area contributed by atoms with Crippen LogP contribution in [-0.4, -0.2) is 9.97 Å². The summed E-state index contributed by atoms with van der Waals surface area (Å²) in [6.45, 7) is 0.494. The summed E-state index contributed by atoms with van der Waals surface area (Å²) in [5, 5.41) is 0. The molecule has 144 valence electrons. The Hall–Kier alpha value is -3.86. The van der Waals surface area contributed by atoms with E-state index in [0.717, 1.165) is 33.6 Å². The molecule has 29 heavy (non-hydrogen) atoms. The maximum absolute atomic E-state index is 6.16. The predicted octanol–water partition coefficient (Wildman–Crippen LogP) is 4.48.